The number of carbonyl (C=O) groups excluding carboxylic acids is 2. The molecule has 92 valence electrons. The van der Waals surface area contributed by atoms with Gasteiger partial charge in [-0.3, -0.25) is 9.59 Å². The number of aliphatic hydroxyl groups excluding tert-OH is 1. The fourth-order valence-electron chi connectivity index (χ4n) is 1.39. The molecule has 0 aliphatic rings. The van der Waals surface area contributed by atoms with E-state index in [1.54, 1.807) is 24.3 Å². The van der Waals surface area contributed by atoms with Crippen LogP contribution in [0.15, 0.2) is 24.3 Å². The zero-order valence-corrected chi connectivity index (χ0v) is 9.77. The maximum absolute atomic E-state index is 11.0. The van der Waals surface area contributed by atoms with Gasteiger partial charge in [-0.2, -0.15) is 0 Å². The predicted octanol–water partition coefficient (Wildman–Crippen LogP) is 1.24. The van der Waals surface area contributed by atoms with E-state index in [1.807, 2.05) is 0 Å². The van der Waals surface area contributed by atoms with Crippen LogP contribution in [0, 0.1) is 0 Å². The summed E-state index contributed by atoms with van der Waals surface area (Å²) >= 11 is 0. The molecule has 0 radical (unpaired) electrons. The molecule has 0 bridgehead atoms. The number of hydrogen-bond donors (Lipinski definition) is 2. The van der Waals surface area contributed by atoms with Crippen LogP contribution in [0.5, 0.6) is 0 Å². The summed E-state index contributed by atoms with van der Waals surface area (Å²) in [5.74, 6) is -0.674. The number of benzene rings is 1. The van der Waals surface area contributed by atoms with Crippen LogP contribution in [0.25, 0.3) is 0 Å². The molecule has 1 amide bonds. The molecule has 5 nitrogen and oxygen atoms in total. The highest BCUT2D eigenvalue weighted by Gasteiger charge is 2.13. The van der Waals surface area contributed by atoms with Gasteiger partial charge >= 0.3 is 5.97 Å². The summed E-state index contributed by atoms with van der Waals surface area (Å²) in [6.07, 6.45) is -1.05. The molecule has 2 N–H and O–H groups in total. The highest BCUT2D eigenvalue weighted by Crippen LogP contribution is 2.20. The van der Waals surface area contributed by atoms with Gasteiger partial charge in [-0.15, -0.1) is 0 Å². The van der Waals surface area contributed by atoms with Crippen LogP contribution in [-0.4, -0.2) is 24.1 Å². The Balaban J connectivity index is 2.76. The molecule has 0 aliphatic heterocycles. The smallest absolute Gasteiger partial charge is 0.308 e. The van der Waals surface area contributed by atoms with Crippen molar-refractivity contribution in [2.24, 2.45) is 0 Å². The molecule has 0 aliphatic carbocycles. The van der Waals surface area contributed by atoms with Gasteiger partial charge in [0.1, 0.15) is 0 Å². The van der Waals surface area contributed by atoms with Crippen LogP contribution in [0.3, 0.4) is 0 Å². The lowest BCUT2D eigenvalue weighted by atomic mass is 10.1. The van der Waals surface area contributed by atoms with E-state index < -0.39 is 12.1 Å². The van der Waals surface area contributed by atoms with Gasteiger partial charge in [0.15, 0.2) is 0 Å². The SMILES string of the molecule is COC(=O)C[C@@H](O)c1cccc(NC(C)=O)c1. The van der Waals surface area contributed by atoms with Crippen molar-refractivity contribution in [3.63, 3.8) is 0 Å². The number of nitrogens with one attached hydrogen (secondary N) is 1. The van der Waals surface area contributed by atoms with Crippen LogP contribution < -0.4 is 5.32 Å². The summed E-state index contributed by atoms with van der Waals surface area (Å²) in [5.41, 5.74) is 1.14. The minimum atomic E-state index is -0.934. The minimum Gasteiger partial charge on any atom is -0.469 e. The second kappa shape index (κ2) is 6.00. The molecule has 17 heavy (non-hydrogen) atoms. The van der Waals surface area contributed by atoms with Crippen LogP contribution >= 0.6 is 0 Å². The maximum Gasteiger partial charge on any atom is 0.308 e. The Hall–Kier alpha value is -1.88. The van der Waals surface area contributed by atoms with Crippen LogP contribution in [0.4, 0.5) is 5.69 Å². The summed E-state index contributed by atoms with van der Waals surface area (Å²) < 4.78 is 4.47. The summed E-state index contributed by atoms with van der Waals surface area (Å²) in [4.78, 5) is 21.9. The van der Waals surface area contributed by atoms with E-state index in [0.717, 1.165) is 0 Å². The number of esters is 1. The number of methoxy groups -OCH3 is 1. The van der Waals surface area contributed by atoms with Gasteiger partial charge in [-0.05, 0) is 17.7 Å². The average Bonchev–Trinajstić information content (AvgIpc) is 2.28. The first-order chi connectivity index (χ1) is 8.02. The largest absolute Gasteiger partial charge is 0.469 e. The molecule has 1 aromatic rings. The monoisotopic (exact) mass is 237 g/mol. The Morgan fingerprint density at radius 3 is 2.76 bits per heavy atom. The Morgan fingerprint density at radius 1 is 1.47 bits per heavy atom. The fourth-order valence-corrected chi connectivity index (χ4v) is 1.39. The van der Waals surface area contributed by atoms with Crippen LogP contribution in [-0.2, 0) is 14.3 Å². The van der Waals surface area contributed by atoms with Crippen molar-refractivity contribution in [2.75, 3.05) is 12.4 Å². The zero-order valence-electron chi connectivity index (χ0n) is 9.77. The van der Waals surface area contributed by atoms with E-state index in [-0.39, 0.29) is 12.3 Å². The highest BCUT2D eigenvalue weighted by atomic mass is 16.5. The van der Waals surface area contributed by atoms with Crippen molar-refractivity contribution in [1.29, 1.82) is 0 Å². The topological polar surface area (TPSA) is 75.6 Å². The number of rotatable bonds is 4. The lowest BCUT2D eigenvalue weighted by molar-refractivity contribution is -0.142. The van der Waals surface area contributed by atoms with Crippen molar-refractivity contribution in [3.8, 4) is 0 Å². The van der Waals surface area contributed by atoms with E-state index in [2.05, 4.69) is 10.1 Å². The van der Waals surface area contributed by atoms with Gasteiger partial charge in [-0.25, -0.2) is 0 Å². The third-order valence-corrected chi connectivity index (χ3v) is 2.18. The molecule has 0 fully saturated rings. The van der Waals surface area contributed by atoms with E-state index >= 15 is 0 Å². The molecule has 5 heteroatoms. The lowest BCUT2D eigenvalue weighted by Gasteiger charge is -2.11. The second-order valence-corrected chi connectivity index (χ2v) is 3.60. The zero-order chi connectivity index (χ0) is 12.8. The molecular formula is C12H15NO4. The Kier molecular flexibility index (Phi) is 4.66. The quantitative estimate of drug-likeness (QED) is 0.772. The third-order valence-electron chi connectivity index (χ3n) is 2.18. The minimum absolute atomic E-state index is 0.111. The fraction of sp³-hybridized carbons (Fsp3) is 0.333. The molecule has 1 atom stereocenters. The van der Waals surface area contributed by atoms with Gasteiger partial charge in [0, 0.05) is 12.6 Å². The number of aliphatic hydroxyl groups is 1. The van der Waals surface area contributed by atoms with Crippen LogP contribution in [0.2, 0.25) is 0 Å². The molecule has 0 saturated heterocycles. The normalized spacial score (nSPS) is 11.7. The predicted molar refractivity (Wildman–Crippen MR) is 62.3 cm³/mol. The molecule has 0 heterocycles. The van der Waals surface area contributed by atoms with E-state index in [4.69, 9.17) is 0 Å². The number of carbonyl (C=O) groups is 2. The first kappa shape index (κ1) is 13.2. The Labute approximate surface area is 99.4 Å². The number of amides is 1. The number of anilines is 1. The highest BCUT2D eigenvalue weighted by molar-refractivity contribution is 5.88. The van der Waals surface area contributed by atoms with Gasteiger partial charge in [0.2, 0.25) is 5.91 Å². The number of ether oxygens (including phenoxy) is 1. The standard InChI is InChI=1S/C12H15NO4/c1-8(14)13-10-5-3-4-9(6-10)11(15)7-12(16)17-2/h3-6,11,15H,7H2,1-2H3,(H,13,14)/t11-/m1/s1. The first-order valence-electron chi connectivity index (χ1n) is 5.15. The van der Waals surface area contributed by atoms with E-state index in [9.17, 15) is 14.7 Å². The molecule has 0 aromatic heterocycles. The molecule has 0 spiro atoms. The Bertz CT molecular complexity index is 417. The van der Waals surface area contributed by atoms with Gasteiger partial charge in [-0.1, -0.05) is 12.1 Å². The third kappa shape index (κ3) is 4.24. The van der Waals surface area contributed by atoms with Crippen molar-refractivity contribution in [2.45, 2.75) is 19.4 Å². The van der Waals surface area contributed by atoms with Gasteiger partial charge in [0.05, 0.1) is 19.6 Å². The summed E-state index contributed by atoms with van der Waals surface area (Å²) in [6, 6.07) is 6.70. The molecule has 1 aromatic carbocycles. The van der Waals surface area contributed by atoms with E-state index in [0.29, 0.717) is 11.3 Å². The lowest BCUT2D eigenvalue weighted by Crippen LogP contribution is -2.09. The number of hydrogen-bond acceptors (Lipinski definition) is 4. The molecule has 0 saturated carbocycles. The van der Waals surface area contributed by atoms with Crippen molar-refractivity contribution in [1.82, 2.24) is 0 Å². The first-order valence-corrected chi connectivity index (χ1v) is 5.15. The summed E-state index contributed by atoms with van der Waals surface area (Å²) in [5, 5.41) is 12.4. The van der Waals surface area contributed by atoms with Crippen LogP contribution in [0.1, 0.15) is 25.0 Å². The maximum atomic E-state index is 11.0. The van der Waals surface area contributed by atoms with Gasteiger partial charge in [0.25, 0.3) is 0 Å². The van der Waals surface area contributed by atoms with Crippen molar-refractivity contribution >= 4 is 17.6 Å². The molecular weight excluding hydrogens is 222 g/mol. The average molecular weight is 237 g/mol. The summed E-state index contributed by atoms with van der Waals surface area (Å²) in [6.45, 7) is 1.40. The second-order valence-electron chi connectivity index (χ2n) is 3.60. The van der Waals surface area contributed by atoms with Crippen molar-refractivity contribution < 1.29 is 19.4 Å². The Morgan fingerprint density at radius 2 is 2.18 bits per heavy atom. The molecule has 0 unspecified atom stereocenters. The van der Waals surface area contributed by atoms with E-state index in [1.165, 1.54) is 14.0 Å². The van der Waals surface area contributed by atoms with Crippen molar-refractivity contribution in [3.05, 3.63) is 29.8 Å². The van der Waals surface area contributed by atoms with Gasteiger partial charge < -0.3 is 15.2 Å². The summed E-state index contributed by atoms with van der Waals surface area (Å²) in [7, 11) is 1.27. The molecule has 1 rings (SSSR count).